The number of rotatable bonds is 4. The summed E-state index contributed by atoms with van der Waals surface area (Å²) in [6, 6.07) is 2.33. The number of hydrogen-bond donors (Lipinski definition) is 1. The normalized spacial score (nSPS) is 23.8. The molecule has 2 N–H and O–H groups in total. The van der Waals surface area contributed by atoms with Gasteiger partial charge in [0.1, 0.15) is 11.0 Å². The van der Waals surface area contributed by atoms with Gasteiger partial charge in [-0.3, -0.25) is 4.90 Å². The standard InChI is InChI=1S/C14H23ClN4/c1-10-7-13(15)18-14(17-10)9-19(2)12-6-4-3-5-11(12)8-16/h7,11-12H,3-6,8-9,16H2,1-2H3. The third kappa shape index (κ3) is 3.88. The molecule has 1 fully saturated rings. The maximum absolute atomic E-state index is 5.99. The molecule has 0 radical (unpaired) electrons. The van der Waals surface area contributed by atoms with Gasteiger partial charge in [-0.15, -0.1) is 0 Å². The Morgan fingerprint density at radius 3 is 2.79 bits per heavy atom. The molecule has 19 heavy (non-hydrogen) atoms. The van der Waals surface area contributed by atoms with Crippen LogP contribution in [0, 0.1) is 12.8 Å². The molecular formula is C14H23ClN4. The SMILES string of the molecule is Cc1cc(Cl)nc(CN(C)C2CCCCC2CN)n1. The second-order valence-electron chi connectivity index (χ2n) is 5.51. The van der Waals surface area contributed by atoms with E-state index in [9.17, 15) is 0 Å². The fourth-order valence-electron chi connectivity index (χ4n) is 3.04. The third-order valence-electron chi connectivity index (χ3n) is 4.00. The van der Waals surface area contributed by atoms with Crippen LogP contribution in [0.5, 0.6) is 0 Å². The minimum Gasteiger partial charge on any atom is -0.330 e. The highest BCUT2D eigenvalue weighted by Crippen LogP contribution is 2.27. The summed E-state index contributed by atoms with van der Waals surface area (Å²) in [4.78, 5) is 11.1. The van der Waals surface area contributed by atoms with Gasteiger partial charge in [0.15, 0.2) is 0 Å². The zero-order chi connectivity index (χ0) is 13.8. The summed E-state index contributed by atoms with van der Waals surface area (Å²) in [5, 5.41) is 0.523. The highest BCUT2D eigenvalue weighted by molar-refractivity contribution is 6.29. The average Bonchev–Trinajstić information content (AvgIpc) is 2.37. The molecule has 4 nitrogen and oxygen atoms in total. The van der Waals surface area contributed by atoms with Crippen molar-refractivity contribution in [2.75, 3.05) is 13.6 Å². The number of nitrogens with zero attached hydrogens (tertiary/aromatic N) is 3. The Morgan fingerprint density at radius 2 is 2.11 bits per heavy atom. The number of aryl methyl sites for hydroxylation is 1. The van der Waals surface area contributed by atoms with Crippen molar-refractivity contribution in [2.24, 2.45) is 11.7 Å². The van der Waals surface area contributed by atoms with Gasteiger partial charge in [-0.05, 0) is 45.3 Å². The highest BCUT2D eigenvalue weighted by Gasteiger charge is 2.27. The molecule has 1 aromatic heterocycles. The van der Waals surface area contributed by atoms with Crippen molar-refractivity contribution in [2.45, 2.75) is 45.2 Å². The van der Waals surface area contributed by atoms with Gasteiger partial charge in [0.05, 0.1) is 6.54 Å². The van der Waals surface area contributed by atoms with E-state index in [4.69, 9.17) is 17.3 Å². The van der Waals surface area contributed by atoms with Crippen LogP contribution in [0.3, 0.4) is 0 Å². The Morgan fingerprint density at radius 1 is 1.37 bits per heavy atom. The lowest BCUT2D eigenvalue weighted by molar-refractivity contribution is 0.125. The lowest BCUT2D eigenvalue weighted by atomic mass is 9.84. The molecule has 0 aliphatic heterocycles. The van der Waals surface area contributed by atoms with Crippen LogP contribution in [-0.4, -0.2) is 34.5 Å². The first-order valence-electron chi connectivity index (χ1n) is 7.00. The molecule has 0 aromatic carbocycles. The minimum atomic E-state index is 0.523. The number of nitrogens with two attached hydrogens (primary N) is 1. The van der Waals surface area contributed by atoms with Crippen LogP contribution in [0.2, 0.25) is 5.15 Å². The summed E-state index contributed by atoms with van der Waals surface area (Å²) in [7, 11) is 2.14. The highest BCUT2D eigenvalue weighted by atomic mass is 35.5. The van der Waals surface area contributed by atoms with E-state index in [0.717, 1.165) is 24.6 Å². The summed E-state index contributed by atoms with van der Waals surface area (Å²) in [5.41, 5.74) is 6.81. The molecule has 106 valence electrons. The molecule has 1 saturated carbocycles. The lowest BCUT2D eigenvalue weighted by Gasteiger charge is -2.37. The smallest absolute Gasteiger partial charge is 0.144 e. The predicted octanol–water partition coefficient (Wildman–Crippen LogP) is 2.39. The van der Waals surface area contributed by atoms with Crippen molar-refractivity contribution < 1.29 is 0 Å². The second kappa shape index (κ2) is 6.64. The van der Waals surface area contributed by atoms with Crippen molar-refractivity contribution >= 4 is 11.6 Å². The molecule has 1 aliphatic rings. The number of halogens is 1. The van der Waals surface area contributed by atoms with Crippen LogP contribution in [0.25, 0.3) is 0 Å². The quantitative estimate of drug-likeness (QED) is 0.862. The van der Waals surface area contributed by atoms with Gasteiger partial charge in [-0.2, -0.15) is 0 Å². The van der Waals surface area contributed by atoms with Gasteiger partial charge in [-0.25, -0.2) is 9.97 Å². The molecule has 0 bridgehead atoms. The Balaban J connectivity index is 2.04. The van der Waals surface area contributed by atoms with E-state index >= 15 is 0 Å². The fourth-order valence-corrected chi connectivity index (χ4v) is 3.30. The summed E-state index contributed by atoms with van der Waals surface area (Å²) in [6.45, 7) is 3.45. The monoisotopic (exact) mass is 282 g/mol. The summed E-state index contributed by atoms with van der Waals surface area (Å²) < 4.78 is 0. The molecule has 2 atom stereocenters. The molecule has 2 rings (SSSR count). The van der Waals surface area contributed by atoms with E-state index in [-0.39, 0.29) is 0 Å². The van der Waals surface area contributed by atoms with E-state index in [1.54, 1.807) is 6.07 Å². The van der Waals surface area contributed by atoms with Gasteiger partial charge in [0, 0.05) is 11.7 Å². The van der Waals surface area contributed by atoms with E-state index in [1.165, 1.54) is 25.7 Å². The largest absolute Gasteiger partial charge is 0.330 e. The maximum Gasteiger partial charge on any atom is 0.144 e. The number of aromatic nitrogens is 2. The Labute approximate surface area is 120 Å². The Hall–Kier alpha value is -0.710. The predicted molar refractivity (Wildman–Crippen MR) is 78.0 cm³/mol. The van der Waals surface area contributed by atoms with Gasteiger partial charge < -0.3 is 5.73 Å². The zero-order valence-corrected chi connectivity index (χ0v) is 12.5. The van der Waals surface area contributed by atoms with Gasteiger partial charge in [-0.1, -0.05) is 24.4 Å². The molecule has 0 amide bonds. The van der Waals surface area contributed by atoms with Crippen LogP contribution in [0.4, 0.5) is 0 Å². The van der Waals surface area contributed by atoms with Crippen molar-refractivity contribution in [3.8, 4) is 0 Å². The first-order valence-corrected chi connectivity index (χ1v) is 7.38. The average molecular weight is 283 g/mol. The van der Waals surface area contributed by atoms with Gasteiger partial charge in [0.25, 0.3) is 0 Å². The molecule has 5 heteroatoms. The maximum atomic E-state index is 5.99. The Kier molecular flexibility index (Phi) is 5.13. The molecule has 1 heterocycles. The number of hydrogen-bond acceptors (Lipinski definition) is 4. The third-order valence-corrected chi connectivity index (χ3v) is 4.19. The summed E-state index contributed by atoms with van der Waals surface area (Å²) in [6.07, 6.45) is 5.05. The van der Waals surface area contributed by atoms with Crippen LogP contribution >= 0.6 is 11.6 Å². The van der Waals surface area contributed by atoms with Crippen molar-refractivity contribution in [3.05, 3.63) is 22.7 Å². The second-order valence-corrected chi connectivity index (χ2v) is 5.90. The van der Waals surface area contributed by atoms with Gasteiger partial charge in [0.2, 0.25) is 0 Å². The van der Waals surface area contributed by atoms with Crippen LogP contribution in [0.1, 0.15) is 37.2 Å². The van der Waals surface area contributed by atoms with Crippen LogP contribution in [0.15, 0.2) is 6.07 Å². The first kappa shape index (κ1) is 14.7. The first-order chi connectivity index (χ1) is 9.10. The van der Waals surface area contributed by atoms with Crippen molar-refractivity contribution in [1.29, 1.82) is 0 Å². The zero-order valence-electron chi connectivity index (χ0n) is 11.8. The lowest BCUT2D eigenvalue weighted by Crippen LogP contribution is -2.42. The molecule has 0 saturated heterocycles. The van der Waals surface area contributed by atoms with Crippen LogP contribution in [-0.2, 0) is 6.54 Å². The molecular weight excluding hydrogens is 260 g/mol. The molecule has 0 spiro atoms. The summed E-state index contributed by atoms with van der Waals surface area (Å²) in [5.74, 6) is 1.40. The fraction of sp³-hybridized carbons (Fsp3) is 0.714. The van der Waals surface area contributed by atoms with Crippen molar-refractivity contribution in [3.63, 3.8) is 0 Å². The van der Waals surface area contributed by atoms with Gasteiger partial charge >= 0.3 is 0 Å². The molecule has 1 aromatic rings. The van der Waals surface area contributed by atoms with Crippen LogP contribution < -0.4 is 5.73 Å². The topological polar surface area (TPSA) is 55.0 Å². The molecule has 1 aliphatic carbocycles. The van der Waals surface area contributed by atoms with Crippen molar-refractivity contribution in [1.82, 2.24) is 14.9 Å². The minimum absolute atomic E-state index is 0.523. The van der Waals surface area contributed by atoms with E-state index < -0.39 is 0 Å². The Bertz CT molecular complexity index is 404. The van der Waals surface area contributed by atoms with E-state index in [0.29, 0.717) is 17.1 Å². The van der Waals surface area contributed by atoms with E-state index in [2.05, 4.69) is 21.9 Å². The van der Waals surface area contributed by atoms with E-state index in [1.807, 2.05) is 6.92 Å². The molecule has 2 unspecified atom stereocenters. The summed E-state index contributed by atoms with van der Waals surface area (Å²) >= 11 is 5.99.